The van der Waals surface area contributed by atoms with Crippen LogP contribution in [-0.2, 0) is 19.6 Å². The smallest absolute Gasteiger partial charge is 0.315 e. The number of likely N-dealkylation sites (tertiary alicyclic amines) is 1. The van der Waals surface area contributed by atoms with Crippen molar-refractivity contribution < 1.29 is 9.53 Å². The molecule has 1 aliphatic heterocycles. The van der Waals surface area contributed by atoms with E-state index in [1.165, 1.54) is 24.0 Å². The quantitative estimate of drug-likeness (QED) is 0.751. The second-order valence-corrected chi connectivity index (χ2v) is 6.72. The Bertz CT molecular complexity index is 744. The zero-order valence-electron chi connectivity index (χ0n) is 15.9. The van der Waals surface area contributed by atoms with Crippen molar-refractivity contribution in [1.82, 2.24) is 20.5 Å². The predicted molar refractivity (Wildman–Crippen MR) is 105 cm³/mol. The van der Waals surface area contributed by atoms with Crippen molar-refractivity contribution >= 4 is 6.03 Å². The van der Waals surface area contributed by atoms with E-state index in [9.17, 15) is 4.79 Å². The zero-order chi connectivity index (χ0) is 18.9. The molecule has 2 amide bonds. The summed E-state index contributed by atoms with van der Waals surface area (Å²) in [7, 11) is 0. The molecule has 0 bridgehead atoms. The van der Waals surface area contributed by atoms with Gasteiger partial charge in [-0.25, -0.2) is 9.78 Å². The summed E-state index contributed by atoms with van der Waals surface area (Å²) in [5.41, 5.74) is 3.41. The van der Waals surface area contributed by atoms with Crippen molar-refractivity contribution in [3.8, 4) is 5.88 Å². The minimum atomic E-state index is -0.180. The van der Waals surface area contributed by atoms with Gasteiger partial charge in [0, 0.05) is 31.9 Å². The van der Waals surface area contributed by atoms with E-state index in [4.69, 9.17) is 4.74 Å². The topological polar surface area (TPSA) is 66.5 Å². The fourth-order valence-electron chi connectivity index (χ4n) is 3.27. The van der Waals surface area contributed by atoms with Crippen molar-refractivity contribution in [3.05, 3.63) is 59.3 Å². The SMILES string of the molecule is CCOc1cc(CNC(=O)NCc2ccccc2CN2CCCC2)ccn1. The van der Waals surface area contributed by atoms with Gasteiger partial charge in [-0.15, -0.1) is 0 Å². The fourth-order valence-corrected chi connectivity index (χ4v) is 3.27. The lowest BCUT2D eigenvalue weighted by Gasteiger charge is -2.18. The summed E-state index contributed by atoms with van der Waals surface area (Å²) in [5.74, 6) is 0.577. The van der Waals surface area contributed by atoms with Crippen LogP contribution in [-0.4, -0.2) is 35.6 Å². The van der Waals surface area contributed by atoms with Gasteiger partial charge in [-0.3, -0.25) is 4.90 Å². The molecule has 0 aliphatic carbocycles. The first-order valence-corrected chi connectivity index (χ1v) is 9.63. The average molecular weight is 368 g/mol. The Morgan fingerprint density at radius 1 is 1.11 bits per heavy atom. The van der Waals surface area contributed by atoms with Crippen LogP contribution in [0.2, 0.25) is 0 Å². The first kappa shape index (κ1) is 19.2. The summed E-state index contributed by atoms with van der Waals surface area (Å²) in [6.07, 6.45) is 4.25. The number of benzene rings is 1. The van der Waals surface area contributed by atoms with Crippen molar-refractivity contribution in [2.45, 2.75) is 39.4 Å². The van der Waals surface area contributed by atoms with Crippen LogP contribution in [0.4, 0.5) is 4.79 Å². The molecule has 1 fully saturated rings. The Labute approximate surface area is 160 Å². The van der Waals surface area contributed by atoms with Gasteiger partial charge in [-0.1, -0.05) is 24.3 Å². The average Bonchev–Trinajstić information content (AvgIpc) is 3.19. The molecule has 144 valence electrons. The highest BCUT2D eigenvalue weighted by molar-refractivity contribution is 5.73. The molecular formula is C21H28N4O2. The summed E-state index contributed by atoms with van der Waals surface area (Å²) in [4.78, 5) is 18.8. The van der Waals surface area contributed by atoms with E-state index in [1.807, 2.05) is 25.1 Å². The molecular weight excluding hydrogens is 340 g/mol. The first-order chi connectivity index (χ1) is 13.2. The lowest BCUT2D eigenvalue weighted by Crippen LogP contribution is -2.35. The minimum absolute atomic E-state index is 0.180. The highest BCUT2D eigenvalue weighted by Crippen LogP contribution is 2.16. The Kier molecular flexibility index (Phi) is 7.04. The number of nitrogens with one attached hydrogen (secondary N) is 2. The molecule has 6 heteroatoms. The fraction of sp³-hybridized carbons (Fsp3) is 0.429. The third-order valence-electron chi connectivity index (χ3n) is 4.69. The van der Waals surface area contributed by atoms with Crippen LogP contribution >= 0.6 is 0 Å². The molecule has 0 radical (unpaired) electrons. The van der Waals surface area contributed by atoms with Crippen LogP contribution in [0.25, 0.3) is 0 Å². The van der Waals surface area contributed by atoms with Gasteiger partial charge in [0.25, 0.3) is 0 Å². The highest BCUT2D eigenvalue weighted by atomic mass is 16.5. The van der Waals surface area contributed by atoms with Crippen molar-refractivity contribution in [2.75, 3.05) is 19.7 Å². The van der Waals surface area contributed by atoms with Crippen LogP contribution in [0.1, 0.15) is 36.5 Å². The van der Waals surface area contributed by atoms with Crippen molar-refractivity contribution in [2.24, 2.45) is 0 Å². The molecule has 2 N–H and O–H groups in total. The van der Waals surface area contributed by atoms with E-state index in [0.717, 1.165) is 25.2 Å². The van der Waals surface area contributed by atoms with Gasteiger partial charge in [0.15, 0.2) is 0 Å². The molecule has 1 aliphatic rings. The Morgan fingerprint density at radius 3 is 2.63 bits per heavy atom. The molecule has 27 heavy (non-hydrogen) atoms. The van der Waals surface area contributed by atoms with E-state index < -0.39 is 0 Å². The third kappa shape index (κ3) is 5.96. The Balaban J connectivity index is 1.48. The van der Waals surface area contributed by atoms with E-state index >= 15 is 0 Å². The summed E-state index contributed by atoms with van der Waals surface area (Å²) in [6.45, 7) is 6.73. The molecule has 0 unspecified atom stereocenters. The van der Waals surface area contributed by atoms with Crippen LogP contribution in [0.3, 0.4) is 0 Å². The molecule has 1 aromatic carbocycles. The summed E-state index contributed by atoms with van der Waals surface area (Å²) in [5, 5.41) is 5.85. The number of pyridine rings is 1. The maximum Gasteiger partial charge on any atom is 0.315 e. The number of carbonyl (C=O) groups is 1. The summed E-state index contributed by atoms with van der Waals surface area (Å²) < 4.78 is 5.38. The first-order valence-electron chi connectivity index (χ1n) is 9.63. The number of nitrogens with zero attached hydrogens (tertiary/aromatic N) is 2. The molecule has 2 heterocycles. The summed E-state index contributed by atoms with van der Waals surface area (Å²) in [6, 6.07) is 11.9. The molecule has 0 spiro atoms. The van der Waals surface area contributed by atoms with Gasteiger partial charge in [0.2, 0.25) is 5.88 Å². The molecule has 2 aromatic rings. The molecule has 6 nitrogen and oxygen atoms in total. The zero-order valence-corrected chi connectivity index (χ0v) is 15.9. The minimum Gasteiger partial charge on any atom is -0.478 e. The van der Waals surface area contributed by atoms with Crippen LogP contribution in [0.5, 0.6) is 5.88 Å². The van der Waals surface area contributed by atoms with Crippen molar-refractivity contribution in [1.29, 1.82) is 0 Å². The number of urea groups is 1. The number of hydrogen-bond acceptors (Lipinski definition) is 4. The number of aromatic nitrogens is 1. The normalized spacial score (nSPS) is 14.1. The van der Waals surface area contributed by atoms with E-state index in [1.54, 1.807) is 6.20 Å². The number of carbonyl (C=O) groups excluding carboxylic acids is 1. The molecule has 0 saturated carbocycles. The number of rotatable bonds is 8. The van der Waals surface area contributed by atoms with E-state index in [-0.39, 0.29) is 6.03 Å². The second-order valence-electron chi connectivity index (χ2n) is 6.72. The number of hydrogen-bond donors (Lipinski definition) is 2. The van der Waals surface area contributed by atoms with Crippen LogP contribution in [0, 0.1) is 0 Å². The maximum atomic E-state index is 12.2. The van der Waals surface area contributed by atoms with Crippen LogP contribution < -0.4 is 15.4 Å². The standard InChI is InChI=1S/C21H28N4O2/c1-2-27-20-13-17(9-10-22-20)14-23-21(26)24-15-18-7-3-4-8-19(18)16-25-11-5-6-12-25/h3-4,7-10,13H,2,5-6,11-12,14-16H2,1H3,(H2,23,24,26). The third-order valence-corrected chi connectivity index (χ3v) is 4.69. The van der Waals surface area contributed by atoms with E-state index in [0.29, 0.717) is 25.6 Å². The van der Waals surface area contributed by atoms with Gasteiger partial charge >= 0.3 is 6.03 Å². The Morgan fingerprint density at radius 2 is 1.85 bits per heavy atom. The van der Waals surface area contributed by atoms with Crippen LogP contribution in [0.15, 0.2) is 42.6 Å². The van der Waals surface area contributed by atoms with Gasteiger partial charge in [-0.05, 0) is 55.6 Å². The van der Waals surface area contributed by atoms with Gasteiger partial charge in [0.05, 0.1) is 6.61 Å². The van der Waals surface area contributed by atoms with Crippen molar-refractivity contribution in [3.63, 3.8) is 0 Å². The van der Waals surface area contributed by atoms with E-state index in [2.05, 4.69) is 38.7 Å². The molecule has 1 saturated heterocycles. The summed E-state index contributed by atoms with van der Waals surface area (Å²) >= 11 is 0. The van der Waals surface area contributed by atoms with Gasteiger partial charge in [0.1, 0.15) is 0 Å². The monoisotopic (exact) mass is 368 g/mol. The number of amides is 2. The Hall–Kier alpha value is -2.60. The van der Waals surface area contributed by atoms with Gasteiger partial charge < -0.3 is 15.4 Å². The predicted octanol–water partition coefficient (Wildman–Crippen LogP) is 3.08. The second kappa shape index (κ2) is 9.92. The lowest BCUT2D eigenvalue weighted by molar-refractivity contribution is 0.240. The molecule has 3 rings (SSSR count). The molecule has 1 aromatic heterocycles. The van der Waals surface area contributed by atoms with Gasteiger partial charge in [-0.2, -0.15) is 0 Å². The molecule has 0 atom stereocenters. The lowest BCUT2D eigenvalue weighted by atomic mass is 10.1. The maximum absolute atomic E-state index is 12.2. The highest BCUT2D eigenvalue weighted by Gasteiger charge is 2.13. The largest absolute Gasteiger partial charge is 0.478 e. The number of ether oxygens (including phenoxy) is 1.